The number of halogens is 1. The molecule has 0 bridgehead atoms. The molecule has 3 N–H and O–H groups in total. The van der Waals surface area contributed by atoms with E-state index in [-0.39, 0.29) is 30.2 Å². The van der Waals surface area contributed by atoms with Crippen LogP contribution in [0.1, 0.15) is 11.3 Å². The molecule has 25 heavy (non-hydrogen) atoms. The minimum absolute atomic E-state index is 0.0748. The molecular formula is C16H18ClN3O4S. The smallest absolute Gasteiger partial charge is 0.255 e. The standard InChI is InChI=1S/C16H18ClN3O4S/c1-9-11(5-6-21)15(23)20-16(18-9)25-8-14(22)19-10-3-4-13(24-2)12(17)7-10/h3-4,7,21H,5-6,8H2,1-2H3,(H,19,22)(H,18,20,23). The van der Waals surface area contributed by atoms with Crippen LogP contribution in [0.25, 0.3) is 0 Å². The van der Waals surface area contributed by atoms with E-state index in [2.05, 4.69) is 15.3 Å². The molecule has 0 radical (unpaired) electrons. The maximum atomic E-state index is 12.0. The number of methoxy groups -OCH3 is 1. The molecule has 1 heterocycles. The number of anilines is 1. The zero-order valence-corrected chi connectivity index (χ0v) is 15.3. The van der Waals surface area contributed by atoms with Gasteiger partial charge in [0.1, 0.15) is 5.75 Å². The lowest BCUT2D eigenvalue weighted by molar-refractivity contribution is -0.113. The van der Waals surface area contributed by atoms with E-state index in [0.29, 0.717) is 32.9 Å². The van der Waals surface area contributed by atoms with Crippen molar-refractivity contribution < 1.29 is 14.6 Å². The van der Waals surface area contributed by atoms with Gasteiger partial charge in [0.2, 0.25) is 5.91 Å². The molecule has 0 fully saturated rings. The zero-order valence-electron chi connectivity index (χ0n) is 13.8. The van der Waals surface area contributed by atoms with Gasteiger partial charge in [-0.05, 0) is 25.1 Å². The van der Waals surface area contributed by atoms with E-state index in [1.165, 1.54) is 7.11 Å². The number of amides is 1. The molecule has 0 aliphatic heterocycles. The number of benzene rings is 1. The first-order valence-electron chi connectivity index (χ1n) is 7.41. The minimum atomic E-state index is -0.300. The Morgan fingerprint density at radius 1 is 1.48 bits per heavy atom. The summed E-state index contributed by atoms with van der Waals surface area (Å²) in [5.74, 6) is 0.339. The van der Waals surface area contributed by atoms with Crippen LogP contribution in [0.4, 0.5) is 5.69 Å². The number of aliphatic hydroxyl groups is 1. The van der Waals surface area contributed by atoms with Gasteiger partial charge in [-0.3, -0.25) is 9.59 Å². The Kier molecular flexibility index (Phi) is 6.86. The number of carbonyl (C=O) groups is 1. The van der Waals surface area contributed by atoms with Crippen molar-refractivity contribution in [2.24, 2.45) is 0 Å². The topological polar surface area (TPSA) is 104 Å². The quantitative estimate of drug-likeness (QED) is 0.499. The fourth-order valence-electron chi connectivity index (χ4n) is 2.13. The van der Waals surface area contributed by atoms with Crippen LogP contribution in [0.5, 0.6) is 5.75 Å². The number of aryl methyl sites for hydroxylation is 1. The van der Waals surface area contributed by atoms with Crippen LogP contribution < -0.4 is 15.6 Å². The third kappa shape index (κ3) is 5.22. The maximum Gasteiger partial charge on any atom is 0.255 e. The van der Waals surface area contributed by atoms with Crippen molar-refractivity contribution in [2.45, 2.75) is 18.5 Å². The Hall–Kier alpha value is -2.03. The van der Waals surface area contributed by atoms with Gasteiger partial charge < -0.3 is 20.1 Å². The summed E-state index contributed by atoms with van der Waals surface area (Å²) in [5, 5.41) is 12.4. The Labute approximate surface area is 153 Å². The van der Waals surface area contributed by atoms with E-state index in [1.807, 2.05) is 0 Å². The van der Waals surface area contributed by atoms with Gasteiger partial charge in [0.05, 0.1) is 17.9 Å². The number of nitrogens with one attached hydrogen (secondary N) is 2. The summed E-state index contributed by atoms with van der Waals surface area (Å²) in [6.45, 7) is 1.58. The molecule has 2 rings (SSSR count). The second-order valence-corrected chi connectivity index (χ2v) is 6.47. The molecule has 0 saturated heterocycles. The van der Waals surface area contributed by atoms with Gasteiger partial charge in [0.25, 0.3) is 5.56 Å². The Bertz CT molecular complexity index is 826. The summed E-state index contributed by atoms with van der Waals surface area (Å²) in [6.07, 6.45) is 0.248. The normalized spacial score (nSPS) is 10.6. The van der Waals surface area contributed by atoms with E-state index in [9.17, 15) is 9.59 Å². The number of aromatic nitrogens is 2. The lowest BCUT2D eigenvalue weighted by Crippen LogP contribution is -2.19. The molecule has 1 aromatic heterocycles. The molecular weight excluding hydrogens is 366 g/mol. The fourth-order valence-corrected chi connectivity index (χ4v) is 3.10. The van der Waals surface area contributed by atoms with Crippen LogP contribution >= 0.6 is 23.4 Å². The zero-order chi connectivity index (χ0) is 18.4. The molecule has 0 spiro atoms. The second-order valence-electron chi connectivity index (χ2n) is 5.09. The molecule has 7 nitrogen and oxygen atoms in total. The molecule has 0 unspecified atom stereocenters. The third-order valence-corrected chi connectivity index (χ3v) is 4.51. The summed E-state index contributed by atoms with van der Waals surface area (Å²) >= 11 is 7.13. The monoisotopic (exact) mass is 383 g/mol. The van der Waals surface area contributed by atoms with Crippen LogP contribution in [-0.2, 0) is 11.2 Å². The molecule has 9 heteroatoms. The maximum absolute atomic E-state index is 12.0. The number of hydrogen-bond donors (Lipinski definition) is 3. The highest BCUT2D eigenvalue weighted by atomic mass is 35.5. The van der Waals surface area contributed by atoms with Crippen molar-refractivity contribution in [3.8, 4) is 5.75 Å². The first-order valence-corrected chi connectivity index (χ1v) is 8.77. The SMILES string of the molecule is COc1ccc(NC(=O)CSc2nc(C)c(CCO)c(=O)[nH]2)cc1Cl. The fraction of sp³-hybridized carbons (Fsp3) is 0.312. The first kappa shape index (κ1) is 19.3. The molecule has 0 saturated carbocycles. The summed E-state index contributed by atoms with van der Waals surface area (Å²) in [7, 11) is 1.51. The van der Waals surface area contributed by atoms with Crippen LogP contribution in [0.2, 0.25) is 5.02 Å². The Morgan fingerprint density at radius 3 is 2.84 bits per heavy atom. The number of H-pyrrole nitrogens is 1. The van der Waals surface area contributed by atoms with Gasteiger partial charge in [-0.25, -0.2) is 4.98 Å². The van der Waals surface area contributed by atoms with Crippen LogP contribution in [0.3, 0.4) is 0 Å². The van der Waals surface area contributed by atoms with E-state index < -0.39 is 0 Å². The Morgan fingerprint density at radius 2 is 2.24 bits per heavy atom. The van der Waals surface area contributed by atoms with Crippen LogP contribution in [-0.4, -0.2) is 40.5 Å². The average molecular weight is 384 g/mol. The molecule has 134 valence electrons. The van der Waals surface area contributed by atoms with Crippen LogP contribution in [0.15, 0.2) is 28.2 Å². The van der Waals surface area contributed by atoms with Crippen molar-refractivity contribution in [1.82, 2.24) is 9.97 Å². The average Bonchev–Trinajstić information content (AvgIpc) is 2.56. The van der Waals surface area contributed by atoms with Crippen LogP contribution in [0, 0.1) is 6.92 Å². The number of ether oxygens (including phenoxy) is 1. The van der Waals surface area contributed by atoms with Crippen molar-refractivity contribution in [3.63, 3.8) is 0 Å². The first-order chi connectivity index (χ1) is 11.9. The van der Waals surface area contributed by atoms with E-state index in [1.54, 1.807) is 25.1 Å². The van der Waals surface area contributed by atoms with Crippen molar-refractivity contribution in [1.29, 1.82) is 0 Å². The number of carbonyl (C=O) groups excluding carboxylic acids is 1. The lowest BCUT2D eigenvalue weighted by atomic mass is 10.2. The highest BCUT2D eigenvalue weighted by molar-refractivity contribution is 7.99. The molecule has 0 aliphatic carbocycles. The number of nitrogens with zero attached hydrogens (tertiary/aromatic N) is 1. The molecule has 0 aliphatic rings. The number of rotatable bonds is 7. The second kappa shape index (κ2) is 8.89. The molecule has 1 amide bonds. The van der Waals surface area contributed by atoms with Gasteiger partial charge in [-0.1, -0.05) is 23.4 Å². The highest BCUT2D eigenvalue weighted by Crippen LogP contribution is 2.27. The van der Waals surface area contributed by atoms with E-state index in [4.69, 9.17) is 21.4 Å². The molecule has 0 atom stereocenters. The molecule has 2 aromatic rings. The summed E-state index contributed by atoms with van der Waals surface area (Å²) in [6, 6.07) is 4.94. The van der Waals surface area contributed by atoms with E-state index >= 15 is 0 Å². The number of aliphatic hydroxyl groups excluding tert-OH is 1. The minimum Gasteiger partial charge on any atom is -0.495 e. The number of hydrogen-bond acceptors (Lipinski definition) is 6. The summed E-state index contributed by atoms with van der Waals surface area (Å²) in [4.78, 5) is 30.8. The predicted octanol–water partition coefficient (Wildman–Crippen LogP) is 2.01. The van der Waals surface area contributed by atoms with Gasteiger partial charge in [-0.2, -0.15) is 0 Å². The largest absolute Gasteiger partial charge is 0.495 e. The summed E-state index contributed by atoms with van der Waals surface area (Å²) in [5.41, 5.74) is 1.24. The van der Waals surface area contributed by atoms with Gasteiger partial charge >= 0.3 is 0 Å². The van der Waals surface area contributed by atoms with Gasteiger partial charge in [-0.15, -0.1) is 0 Å². The highest BCUT2D eigenvalue weighted by Gasteiger charge is 2.11. The van der Waals surface area contributed by atoms with Gasteiger partial charge in [0.15, 0.2) is 5.16 Å². The van der Waals surface area contributed by atoms with E-state index in [0.717, 1.165) is 11.8 Å². The lowest BCUT2D eigenvalue weighted by Gasteiger charge is -2.08. The number of aromatic amines is 1. The summed E-state index contributed by atoms with van der Waals surface area (Å²) < 4.78 is 5.05. The Balaban J connectivity index is 1.98. The van der Waals surface area contributed by atoms with Crippen molar-refractivity contribution >= 4 is 35.0 Å². The predicted molar refractivity (Wildman–Crippen MR) is 97.7 cm³/mol. The number of thioether (sulfide) groups is 1. The van der Waals surface area contributed by atoms with Gasteiger partial charge in [0, 0.05) is 30.0 Å². The third-order valence-electron chi connectivity index (χ3n) is 3.34. The molecule has 1 aromatic carbocycles. The van der Waals surface area contributed by atoms with Crippen molar-refractivity contribution in [3.05, 3.63) is 44.8 Å². The van der Waals surface area contributed by atoms with Crippen molar-refractivity contribution in [2.75, 3.05) is 24.8 Å².